The molecule has 0 spiro atoms. The summed E-state index contributed by atoms with van der Waals surface area (Å²) in [7, 11) is 0. The summed E-state index contributed by atoms with van der Waals surface area (Å²) in [5, 5.41) is 16.9. The molecule has 0 fully saturated rings. The average molecular weight is 191 g/mol. The lowest BCUT2D eigenvalue weighted by Crippen LogP contribution is -1.98. The second-order valence-electron chi connectivity index (χ2n) is 2.59. The van der Waals surface area contributed by atoms with Gasteiger partial charge in [-0.15, -0.1) is 0 Å². The average Bonchev–Trinajstić information content (AvgIpc) is 2.19. The van der Waals surface area contributed by atoms with Crippen molar-refractivity contribution < 1.29 is 14.6 Å². The third kappa shape index (κ3) is 2.79. The number of benzene rings is 1. The van der Waals surface area contributed by atoms with Crippen molar-refractivity contribution in [3.63, 3.8) is 0 Å². The van der Waals surface area contributed by atoms with E-state index in [1.807, 2.05) is 6.07 Å². The number of carbonyl (C=O) groups is 1. The quantitative estimate of drug-likeness (QED) is 0.735. The van der Waals surface area contributed by atoms with Crippen LogP contribution in [0, 0.1) is 11.3 Å². The van der Waals surface area contributed by atoms with Gasteiger partial charge in [0, 0.05) is 0 Å². The Morgan fingerprint density at radius 2 is 2.07 bits per heavy atom. The molecule has 0 aliphatic carbocycles. The van der Waals surface area contributed by atoms with Gasteiger partial charge in [0.2, 0.25) is 0 Å². The standard InChI is InChI=1S/C10H9NO3/c11-6-1-7-14-9-4-2-8(3-5-9)10(12)13/h2-5H,1,7H2,(H,12,13). The second kappa shape index (κ2) is 4.87. The van der Waals surface area contributed by atoms with Gasteiger partial charge in [-0.3, -0.25) is 0 Å². The molecule has 1 rings (SSSR count). The Labute approximate surface area is 81.4 Å². The summed E-state index contributed by atoms with van der Waals surface area (Å²) < 4.78 is 5.17. The van der Waals surface area contributed by atoms with Crippen LogP contribution in [0.3, 0.4) is 0 Å². The molecule has 1 aromatic rings. The first-order valence-electron chi connectivity index (χ1n) is 4.07. The van der Waals surface area contributed by atoms with E-state index in [0.717, 1.165) is 0 Å². The van der Waals surface area contributed by atoms with Crippen LogP contribution in [0.2, 0.25) is 0 Å². The van der Waals surface area contributed by atoms with E-state index in [-0.39, 0.29) is 5.56 Å². The van der Waals surface area contributed by atoms with E-state index in [4.69, 9.17) is 15.1 Å². The molecule has 0 aromatic heterocycles. The van der Waals surface area contributed by atoms with E-state index in [1.165, 1.54) is 12.1 Å². The van der Waals surface area contributed by atoms with E-state index < -0.39 is 5.97 Å². The van der Waals surface area contributed by atoms with Crippen LogP contribution in [0.25, 0.3) is 0 Å². The van der Waals surface area contributed by atoms with Gasteiger partial charge in [0.15, 0.2) is 0 Å². The number of rotatable bonds is 4. The van der Waals surface area contributed by atoms with Crippen molar-refractivity contribution in [2.75, 3.05) is 6.61 Å². The monoisotopic (exact) mass is 191 g/mol. The van der Waals surface area contributed by atoms with Crippen LogP contribution in [-0.2, 0) is 0 Å². The maximum absolute atomic E-state index is 10.5. The lowest BCUT2D eigenvalue weighted by molar-refractivity contribution is 0.0697. The smallest absolute Gasteiger partial charge is 0.335 e. The zero-order chi connectivity index (χ0) is 10.4. The van der Waals surface area contributed by atoms with Gasteiger partial charge in [-0.25, -0.2) is 4.79 Å². The Balaban J connectivity index is 2.56. The van der Waals surface area contributed by atoms with Crippen molar-refractivity contribution >= 4 is 5.97 Å². The summed E-state index contributed by atoms with van der Waals surface area (Å²) in [6.45, 7) is 0.322. The van der Waals surface area contributed by atoms with E-state index in [0.29, 0.717) is 18.8 Å². The molecule has 0 saturated heterocycles. The molecule has 1 N–H and O–H groups in total. The molecule has 0 aliphatic rings. The molecule has 0 aliphatic heterocycles. The number of carboxylic acid groups (broad SMARTS) is 1. The van der Waals surface area contributed by atoms with Gasteiger partial charge in [-0.1, -0.05) is 0 Å². The van der Waals surface area contributed by atoms with Crippen molar-refractivity contribution in [1.29, 1.82) is 5.26 Å². The van der Waals surface area contributed by atoms with Gasteiger partial charge in [-0.2, -0.15) is 5.26 Å². The van der Waals surface area contributed by atoms with Crippen molar-refractivity contribution in [3.05, 3.63) is 29.8 Å². The Hall–Kier alpha value is -2.02. The van der Waals surface area contributed by atoms with Crippen LogP contribution >= 0.6 is 0 Å². The summed E-state index contributed by atoms with van der Waals surface area (Å²) in [4.78, 5) is 10.5. The van der Waals surface area contributed by atoms with Crippen LogP contribution in [0.1, 0.15) is 16.8 Å². The van der Waals surface area contributed by atoms with E-state index in [1.54, 1.807) is 12.1 Å². The van der Waals surface area contributed by atoms with Gasteiger partial charge >= 0.3 is 5.97 Å². The summed E-state index contributed by atoms with van der Waals surface area (Å²) in [5.41, 5.74) is 0.220. The molecule has 1 aromatic carbocycles. The Morgan fingerprint density at radius 3 is 2.57 bits per heavy atom. The minimum atomic E-state index is -0.964. The van der Waals surface area contributed by atoms with E-state index in [2.05, 4.69) is 0 Å². The predicted octanol–water partition coefficient (Wildman–Crippen LogP) is 1.68. The first-order chi connectivity index (χ1) is 6.74. The zero-order valence-electron chi connectivity index (χ0n) is 7.43. The molecular formula is C10H9NO3. The molecule has 0 saturated carbocycles. The van der Waals surface area contributed by atoms with Crippen LogP contribution in [0.15, 0.2) is 24.3 Å². The van der Waals surface area contributed by atoms with Crippen LogP contribution < -0.4 is 4.74 Å². The van der Waals surface area contributed by atoms with Gasteiger partial charge in [0.05, 0.1) is 18.1 Å². The highest BCUT2D eigenvalue weighted by Crippen LogP contribution is 2.12. The summed E-state index contributed by atoms with van der Waals surface area (Å²) in [5.74, 6) is -0.390. The molecule has 4 heteroatoms. The van der Waals surface area contributed by atoms with Crippen molar-refractivity contribution in [3.8, 4) is 11.8 Å². The highest BCUT2D eigenvalue weighted by atomic mass is 16.5. The van der Waals surface area contributed by atoms with Crippen molar-refractivity contribution in [2.24, 2.45) is 0 Å². The Bertz CT molecular complexity index is 351. The third-order valence-corrected chi connectivity index (χ3v) is 1.58. The lowest BCUT2D eigenvalue weighted by atomic mass is 10.2. The second-order valence-corrected chi connectivity index (χ2v) is 2.59. The van der Waals surface area contributed by atoms with Crippen LogP contribution in [0.5, 0.6) is 5.75 Å². The maximum Gasteiger partial charge on any atom is 0.335 e. The zero-order valence-corrected chi connectivity index (χ0v) is 7.43. The summed E-state index contributed by atoms with van der Waals surface area (Å²) >= 11 is 0. The first-order valence-corrected chi connectivity index (χ1v) is 4.07. The van der Waals surface area contributed by atoms with Crippen molar-refractivity contribution in [2.45, 2.75) is 6.42 Å². The Kier molecular flexibility index (Phi) is 3.50. The minimum Gasteiger partial charge on any atom is -0.493 e. The van der Waals surface area contributed by atoms with Crippen molar-refractivity contribution in [1.82, 2.24) is 0 Å². The molecule has 0 radical (unpaired) electrons. The fraction of sp³-hybridized carbons (Fsp3) is 0.200. The largest absolute Gasteiger partial charge is 0.493 e. The minimum absolute atomic E-state index is 0.220. The molecule has 14 heavy (non-hydrogen) atoms. The van der Waals surface area contributed by atoms with E-state index in [9.17, 15) is 4.79 Å². The molecule has 4 nitrogen and oxygen atoms in total. The normalized spacial score (nSPS) is 9.07. The number of nitriles is 1. The molecule has 0 amide bonds. The maximum atomic E-state index is 10.5. The summed E-state index contributed by atoms with van der Waals surface area (Å²) in [6, 6.07) is 8.01. The number of nitrogens with zero attached hydrogens (tertiary/aromatic N) is 1. The lowest BCUT2D eigenvalue weighted by Gasteiger charge is -2.02. The molecule has 0 bridgehead atoms. The molecule has 72 valence electrons. The third-order valence-electron chi connectivity index (χ3n) is 1.58. The predicted molar refractivity (Wildman–Crippen MR) is 49.1 cm³/mol. The number of carboxylic acids is 1. The SMILES string of the molecule is N#CCCOc1ccc(C(=O)O)cc1. The van der Waals surface area contributed by atoms with Gasteiger partial charge in [0.25, 0.3) is 0 Å². The number of hydrogen-bond donors (Lipinski definition) is 1. The van der Waals surface area contributed by atoms with Crippen LogP contribution in [0.4, 0.5) is 0 Å². The van der Waals surface area contributed by atoms with E-state index >= 15 is 0 Å². The Morgan fingerprint density at radius 1 is 1.43 bits per heavy atom. The molecule has 0 unspecified atom stereocenters. The fourth-order valence-electron chi connectivity index (χ4n) is 0.908. The fourth-order valence-corrected chi connectivity index (χ4v) is 0.908. The molecule has 0 heterocycles. The molecule has 0 atom stereocenters. The van der Waals surface area contributed by atoms with Gasteiger partial charge in [-0.05, 0) is 24.3 Å². The number of hydrogen-bond acceptors (Lipinski definition) is 3. The number of ether oxygens (including phenoxy) is 1. The van der Waals surface area contributed by atoms with Gasteiger partial charge in [0.1, 0.15) is 12.4 Å². The topological polar surface area (TPSA) is 70.3 Å². The molecular weight excluding hydrogens is 182 g/mol. The highest BCUT2D eigenvalue weighted by molar-refractivity contribution is 5.87. The van der Waals surface area contributed by atoms with Crippen LogP contribution in [-0.4, -0.2) is 17.7 Å². The first kappa shape index (κ1) is 10.1. The highest BCUT2D eigenvalue weighted by Gasteiger charge is 2.01. The number of aromatic carboxylic acids is 1. The summed E-state index contributed by atoms with van der Waals surface area (Å²) in [6.07, 6.45) is 0.320. The van der Waals surface area contributed by atoms with Gasteiger partial charge < -0.3 is 9.84 Å².